The summed E-state index contributed by atoms with van der Waals surface area (Å²) in [6.07, 6.45) is 8.50. The molecule has 0 radical (unpaired) electrons. The Morgan fingerprint density at radius 3 is 2.46 bits per heavy atom. The Morgan fingerprint density at radius 2 is 1.79 bits per heavy atom. The molecule has 0 spiro atoms. The highest BCUT2D eigenvalue weighted by Crippen LogP contribution is 2.35. The molecule has 1 atom stereocenters. The molecule has 1 saturated heterocycles. The van der Waals surface area contributed by atoms with Crippen molar-refractivity contribution in [1.29, 1.82) is 0 Å². The molecule has 5 rings (SSSR count). The Kier molecular flexibility index (Phi) is 8.67. The van der Waals surface area contributed by atoms with Crippen molar-refractivity contribution in [2.45, 2.75) is 56.9 Å². The van der Waals surface area contributed by atoms with Crippen LogP contribution in [-0.2, 0) is 16.4 Å². The highest BCUT2D eigenvalue weighted by molar-refractivity contribution is 7.92. The van der Waals surface area contributed by atoms with Crippen LogP contribution in [0, 0.1) is 5.92 Å². The first-order chi connectivity index (χ1) is 18.8. The van der Waals surface area contributed by atoms with E-state index in [0.29, 0.717) is 17.9 Å². The third kappa shape index (κ3) is 8.41. The maximum Gasteiger partial charge on any atom is 0.229 e. The van der Waals surface area contributed by atoms with Crippen LogP contribution in [0.25, 0.3) is 0 Å². The predicted molar refractivity (Wildman–Crippen MR) is 154 cm³/mol. The van der Waals surface area contributed by atoms with Crippen LogP contribution in [0.3, 0.4) is 0 Å². The maximum atomic E-state index is 11.4. The lowest BCUT2D eigenvalue weighted by molar-refractivity contribution is 0.187. The average molecular weight is 550 g/mol. The number of allylic oxidation sites excluding steroid dienone is 1. The van der Waals surface area contributed by atoms with E-state index in [9.17, 15) is 8.42 Å². The van der Waals surface area contributed by atoms with Crippen LogP contribution in [0.2, 0.25) is 0 Å². The molecule has 0 bridgehead atoms. The van der Waals surface area contributed by atoms with E-state index in [1.165, 1.54) is 24.1 Å². The van der Waals surface area contributed by atoms with Crippen LogP contribution >= 0.6 is 0 Å². The number of hydrogen-bond acceptors (Lipinski definition) is 7. The van der Waals surface area contributed by atoms with E-state index in [1.54, 1.807) is 12.1 Å². The summed E-state index contributed by atoms with van der Waals surface area (Å²) in [6.45, 7) is 7.38. The van der Waals surface area contributed by atoms with Crippen molar-refractivity contribution >= 4 is 15.7 Å². The minimum absolute atomic E-state index is 0.282. The molecule has 9 heteroatoms. The van der Waals surface area contributed by atoms with Crippen LogP contribution in [0.4, 0.5) is 5.69 Å². The van der Waals surface area contributed by atoms with Crippen LogP contribution in [0.5, 0.6) is 0 Å². The molecule has 2 fully saturated rings. The largest absolute Gasteiger partial charge is 0.382 e. The first kappa shape index (κ1) is 27.4. The van der Waals surface area contributed by atoms with Gasteiger partial charge in [-0.15, -0.1) is 0 Å². The van der Waals surface area contributed by atoms with Crippen LogP contribution in [0.1, 0.15) is 73.3 Å². The Morgan fingerprint density at radius 1 is 1.08 bits per heavy atom. The topological polar surface area (TPSA) is 100 Å². The Bertz CT molecular complexity index is 1330. The van der Waals surface area contributed by atoms with Gasteiger partial charge in [-0.3, -0.25) is 4.72 Å². The van der Waals surface area contributed by atoms with Crippen molar-refractivity contribution < 1.29 is 12.9 Å². The van der Waals surface area contributed by atoms with Gasteiger partial charge in [0, 0.05) is 30.3 Å². The molecular formula is C30H39N5O3S. The molecule has 2 N–H and O–H groups in total. The maximum absolute atomic E-state index is 11.4. The van der Waals surface area contributed by atoms with E-state index in [0.717, 1.165) is 68.9 Å². The second kappa shape index (κ2) is 12.3. The normalized spacial score (nSPS) is 17.6. The summed E-state index contributed by atoms with van der Waals surface area (Å²) in [5, 5.41) is 7.93. The first-order valence-corrected chi connectivity index (χ1v) is 15.8. The molecule has 1 aliphatic heterocycles. The van der Waals surface area contributed by atoms with E-state index >= 15 is 0 Å². The molecule has 208 valence electrons. The standard InChI is InChI=1S/C30H39N5O3S/c1-22(20-23-8-9-23)31-28(25-6-4-3-5-7-25)16-19-35-17-14-26(15-18-35)30-32-29(33-38-30)21-24-10-12-27(13-11-24)34-39(2,36)37/h3-7,10-13,23,26,28,31,34H,1,8-9,14-21H2,2H3. The lowest BCUT2D eigenvalue weighted by Crippen LogP contribution is -2.35. The van der Waals surface area contributed by atoms with Crippen molar-refractivity contribution in [3.05, 3.63) is 89.7 Å². The quantitative estimate of drug-likeness (QED) is 0.300. The molecule has 1 aromatic heterocycles. The molecule has 2 aromatic carbocycles. The second-order valence-corrected chi connectivity index (χ2v) is 12.8. The number of aromatic nitrogens is 2. The Labute approximate surface area is 231 Å². The van der Waals surface area contributed by atoms with Crippen molar-refractivity contribution in [3.8, 4) is 0 Å². The van der Waals surface area contributed by atoms with Gasteiger partial charge in [-0.25, -0.2) is 8.42 Å². The number of anilines is 1. The van der Waals surface area contributed by atoms with Gasteiger partial charge >= 0.3 is 0 Å². The number of piperidine rings is 1. The number of nitrogens with zero attached hydrogens (tertiary/aromatic N) is 3. The molecule has 1 unspecified atom stereocenters. The number of rotatable bonds is 13. The van der Waals surface area contributed by atoms with Gasteiger partial charge in [0.2, 0.25) is 15.9 Å². The van der Waals surface area contributed by atoms with Crippen LogP contribution in [-0.4, -0.2) is 49.3 Å². The molecule has 0 amide bonds. The van der Waals surface area contributed by atoms with E-state index in [-0.39, 0.29) is 12.0 Å². The number of nitrogens with one attached hydrogen (secondary N) is 2. The lowest BCUT2D eigenvalue weighted by atomic mass is 9.96. The number of likely N-dealkylation sites (tertiary alicyclic amines) is 1. The van der Waals surface area contributed by atoms with Crippen molar-refractivity contribution in [1.82, 2.24) is 20.4 Å². The first-order valence-electron chi connectivity index (χ1n) is 13.9. The van der Waals surface area contributed by atoms with Gasteiger partial charge in [0.15, 0.2) is 5.82 Å². The fourth-order valence-corrected chi connectivity index (χ4v) is 5.86. The molecule has 2 heterocycles. The summed E-state index contributed by atoms with van der Waals surface area (Å²) in [5.41, 5.74) is 4.02. The van der Waals surface area contributed by atoms with Gasteiger partial charge in [-0.1, -0.05) is 54.2 Å². The average Bonchev–Trinajstić information content (AvgIpc) is 3.61. The number of hydrogen-bond donors (Lipinski definition) is 2. The van der Waals surface area contributed by atoms with Gasteiger partial charge in [-0.2, -0.15) is 4.98 Å². The van der Waals surface area contributed by atoms with Crippen molar-refractivity contribution in [2.75, 3.05) is 30.6 Å². The summed E-state index contributed by atoms with van der Waals surface area (Å²) in [7, 11) is -3.29. The number of benzene rings is 2. The van der Waals surface area contributed by atoms with E-state index in [1.807, 2.05) is 12.1 Å². The van der Waals surface area contributed by atoms with Gasteiger partial charge in [0.05, 0.1) is 12.3 Å². The zero-order valence-corrected chi connectivity index (χ0v) is 23.5. The molecule has 1 saturated carbocycles. The fraction of sp³-hybridized carbons (Fsp3) is 0.467. The van der Waals surface area contributed by atoms with Gasteiger partial charge in [0.25, 0.3) is 0 Å². The SMILES string of the molecule is C=C(CC1CC1)NC(CCN1CCC(c2nc(Cc3ccc(NS(C)(=O)=O)cc3)no2)CC1)c1ccccc1. The highest BCUT2D eigenvalue weighted by Gasteiger charge is 2.27. The van der Waals surface area contributed by atoms with Gasteiger partial charge < -0.3 is 14.7 Å². The second-order valence-electron chi connectivity index (χ2n) is 11.1. The molecule has 8 nitrogen and oxygen atoms in total. The lowest BCUT2D eigenvalue weighted by Gasteiger charge is -2.32. The molecule has 2 aliphatic rings. The molecule has 39 heavy (non-hydrogen) atoms. The van der Waals surface area contributed by atoms with E-state index in [2.05, 4.69) is 62.0 Å². The number of sulfonamides is 1. The summed E-state index contributed by atoms with van der Waals surface area (Å²) in [5.74, 6) is 2.49. The Balaban J connectivity index is 1.10. The van der Waals surface area contributed by atoms with Crippen molar-refractivity contribution in [3.63, 3.8) is 0 Å². The van der Waals surface area contributed by atoms with Gasteiger partial charge in [-0.05, 0) is 80.8 Å². The third-order valence-corrected chi connectivity index (χ3v) is 8.19. The Hall–Kier alpha value is -3.17. The zero-order valence-electron chi connectivity index (χ0n) is 22.7. The molecule has 1 aliphatic carbocycles. The summed E-state index contributed by atoms with van der Waals surface area (Å²) in [6, 6.07) is 18.2. The minimum atomic E-state index is -3.29. The fourth-order valence-electron chi connectivity index (χ4n) is 5.29. The zero-order chi connectivity index (χ0) is 27.2. The highest BCUT2D eigenvalue weighted by atomic mass is 32.2. The van der Waals surface area contributed by atoms with E-state index in [4.69, 9.17) is 4.52 Å². The van der Waals surface area contributed by atoms with Gasteiger partial charge in [0.1, 0.15) is 0 Å². The smallest absolute Gasteiger partial charge is 0.229 e. The molecule has 3 aromatic rings. The predicted octanol–water partition coefficient (Wildman–Crippen LogP) is 5.25. The van der Waals surface area contributed by atoms with Crippen LogP contribution in [0.15, 0.2) is 71.4 Å². The van der Waals surface area contributed by atoms with Crippen molar-refractivity contribution in [2.24, 2.45) is 5.92 Å². The third-order valence-electron chi connectivity index (χ3n) is 7.59. The van der Waals surface area contributed by atoms with Crippen LogP contribution < -0.4 is 10.0 Å². The monoisotopic (exact) mass is 549 g/mol. The van der Waals surface area contributed by atoms with E-state index < -0.39 is 10.0 Å². The summed E-state index contributed by atoms with van der Waals surface area (Å²) in [4.78, 5) is 7.23. The molecular weight excluding hydrogens is 510 g/mol. The summed E-state index contributed by atoms with van der Waals surface area (Å²) >= 11 is 0. The summed E-state index contributed by atoms with van der Waals surface area (Å²) < 4.78 is 30.9. The minimum Gasteiger partial charge on any atom is -0.382 e.